The number of para-hydroxylation sites is 4. The van der Waals surface area contributed by atoms with Crippen LogP contribution in [0.15, 0.2) is 97.6 Å². The Morgan fingerprint density at radius 1 is 0.857 bits per heavy atom. The van der Waals surface area contributed by atoms with E-state index in [0.717, 1.165) is 28.8 Å². The van der Waals surface area contributed by atoms with Crippen molar-refractivity contribution in [1.29, 1.82) is 0 Å². The first-order valence-corrected chi connectivity index (χ1v) is 9.61. The first kappa shape index (κ1) is 17.9. The van der Waals surface area contributed by atoms with Gasteiger partial charge in [-0.3, -0.25) is 0 Å². The van der Waals surface area contributed by atoms with Crippen LogP contribution < -0.4 is 0 Å². The molecule has 1 N–H and O–H groups in total. The molecule has 0 aliphatic heterocycles. The lowest BCUT2D eigenvalue weighted by Gasteiger charge is -2.17. The summed E-state index contributed by atoms with van der Waals surface area (Å²) in [5.74, 6) is 0. The van der Waals surface area contributed by atoms with Gasteiger partial charge in [0.1, 0.15) is 0 Å². The predicted molar refractivity (Wildman–Crippen MR) is 121 cm³/mol. The molecule has 0 fully saturated rings. The summed E-state index contributed by atoms with van der Waals surface area (Å²) in [6.07, 6.45) is 6.98. The predicted octanol–water partition coefficient (Wildman–Crippen LogP) is 7.00. The minimum Gasteiger partial charge on any atom is -0.354 e. The van der Waals surface area contributed by atoms with Crippen LogP contribution in [0.3, 0.4) is 0 Å². The van der Waals surface area contributed by atoms with E-state index >= 15 is 0 Å². The highest BCUT2D eigenvalue weighted by Gasteiger charge is 2.09. The Balaban J connectivity index is 2.32. The number of benzene rings is 3. The van der Waals surface area contributed by atoms with Gasteiger partial charge in [0.15, 0.2) is 0 Å². The molecule has 3 aromatic carbocycles. The maximum Gasteiger partial charge on any atom is 0.0696 e. The number of hydrogen-bond donors (Lipinski definition) is 1. The first-order chi connectivity index (χ1) is 13.8. The van der Waals surface area contributed by atoms with Gasteiger partial charge in [-0.25, -0.2) is 0 Å². The second-order valence-electron chi connectivity index (χ2n) is 6.72. The third-order valence-corrected chi connectivity index (χ3v) is 4.91. The molecule has 0 aliphatic carbocycles. The highest BCUT2D eigenvalue weighted by Crippen LogP contribution is 2.27. The molecule has 4 aromatic rings. The molecule has 2 heteroatoms. The molecular weight excluding hydrogens is 340 g/mol. The molecule has 4 rings (SSSR count). The molecular formula is C26H24N2. The molecule has 0 saturated carbocycles. The minimum atomic E-state index is 0.786. The summed E-state index contributed by atoms with van der Waals surface area (Å²) in [6, 6.07) is 27.6. The number of fused-ring (bicyclic) bond motifs is 2. The number of rotatable bonds is 4. The molecule has 138 valence electrons. The highest BCUT2D eigenvalue weighted by atomic mass is 15.0. The van der Waals surface area contributed by atoms with Crippen LogP contribution in [-0.4, -0.2) is 9.55 Å². The average molecular weight is 364 g/mol. The van der Waals surface area contributed by atoms with Gasteiger partial charge in [0.25, 0.3) is 0 Å². The van der Waals surface area contributed by atoms with Crippen LogP contribution in [0, 0.1) is 0 Å². The van der Waals surface area contributed by atoms with Crippen molar-refractivity contribution >= 4 is 28.0 Å². The van der Waals surface area contributed by atoms with Gasteiger partial charge < -0.3 is 9.55 Å². The van der Waals surface area contributed by atoms with Crippen LogP contribution >= 0.6 is 0 Å². The molecule has 0 saturated heterocycles. The van der Waals surface area contributed by atoms with Gasteiger partial charge in [0, 0.05) is 16.8 Å². The second kappa shape index (κ2) is 8.01. The number of aromatic amines is 1. The van der Waals surface area contributed by atoms with Crippen LogP contribution in [0.4, 0.5) is 0 Å². The molecule has 0 atom stereocenters. The zero-order chi connectivity index (χ0) is 19.3. The van der Waals surface area contributed by atoms with E-state index in [9.17, 15) is 0 Å². The topological polar surface area (TPSA) is 20.7 Å². The fourth-order valence-electron chi connectivity index (χ4n) is 3.72. The summed E-state index contributed by atoms with van der Waals surface area (Å²) in [7, 11) is 0. The molecule has 0 spiro atoms. The lowest BCUT2D eigenvalue weighted by molar-refractivity contribution is 1.14. The van der Waals surface area contributed by atoms with Crippen LogP contribution in [0.25, 0.3) is 33.7 Å². The van der Waals surface area contributed by atoms with Crippen LogP contribution in [0.2, 0.25) is 0 Å². The second-order valence-corrected chi connectivity index (χ2v) is 6.72. The third-order valence-electron chi connectivity index (χ3n) is 4.91. The van der Waals surface area contributed by atoms with Crippen molar-refractivity contribution in [2.24, 2.45) is 0 Å². The summed E-state index contributed by atoms with van der Waals surface area (Å²) in [5, 5.41) is 1.21. The van der Waals surface area contributed by atoms with Gasteiger partial charge in [-0.1, -0.05) is 60.7 Å². The normalized spacial score (nSPS) is 11.2. The van der Waals surface area contributed by atoms with Crippen molar-refractivity contribution in [2.45, 2.75) is 13.3 Å². The summed E-state index contributed by atoms with van der Waals surface area (Å²) in [4.78, 5) is 3.68. The molecule has 0 amide bonds. The van der Waals surface area contributed by atoms with E-state index in [1.54, 1.807) is 0 Å². The molecule has 0 aliphatic rings. The average Bonchev–Trinajstić information content (AvgIpc) is 2.73. The van der Waals surface area contributed by atoms with Crippen molar-refractivity contribution in [3.8, 4) is 5.69 Å². The third kappa shape index (κ3) is 3.25. The Morgan fingerprint density at radius 2 is 1.54 bits per heavy atom. The fraction of sp³-hybridized carbons (Fsp3) is 0.0769. The Morgan fingerprint density at radius 3 is 2.29 bits per heavy atom. The monoisotopic (exact) mass is 364 g/mol. The Kier molecular flexibility index (Phi) is 5.11. The van der Waals surface area contributed by atoms with E-state index in [0.29, 0.717) is 0 Å². The zero-order valence-corrected chi connectivity index (χ0v) is 16.1. The molecule has 28 heavy (non-hydrogen) atoms. The van der Waals surface area contributed by atoms with Crippen LogP contribution in [0.1, 0.15) is 18.2 Å². The summed E-state index contributed by atoms with van der Waals surface area (Å²) in [6.45, 7) is 6.05. The van der Waals surface area contributed by atoms with Crippen molar-refractivity contribution in [1.82, 2.24) is 9.55 Å². The number of H-pyrrole nitrogens is 1. The van der Waals surface area contributed by atoms with Gasteiger partial charge in [-0.2, -0.15) is 0 Å². The number of nitrogens with one attached hydrogen (secondary N) is 1. The van der Waals surface area contributed by atoms with Crippen molar-refractivity contribution in [2.75, 3.05) is 0 Å². The van der Waals surface area contributed by atoms with Crippen molar-refractivity contribution in [3.63, 3.8) is 0 Å². The fourth-order valence-corrected chi connectivity index (χ4v) is 3.72. The Labute approximate surface area is 165 Å². The van der Waals surface area contributed by atoms with Gasteiger partial charge in [-0.05, 0) is 55.3 Å². The highest BCUT2D eigenvalue weighted by molar-refractivity contribution is 5.90. The molecule has 0 radical (unpaired) electrons. The molecule has 1 aromatic heterocycles. The number of aromatic nitrogens is 2. The van der Waals surface area contributed by atoms with Crippen LogP contribution in [0.5, 0.6) is 0 Å². The van der Waals surface area contributed by atoms with E-state index in [1.165, 1.54) is 16.5 Å². The summed E-state index contributed by atoms with van der Waals surface area (Å²) in [5.41, 5.74) is 6.85. The van der Waals surface area contributed by atoms with Gasteiger partial charge in [-0.15, -0.1) is 6.58 Å². The molecule has 2 nitrogen and oxygen atoms in total. The Bertz CT molecular complexity index is 1210. The molecule has 1 heterocycles. The SMILES string of the molecule is C=CCc1c(/C=C\C)[nH]c2ccccc2n(-c2ccccc2)c2ccccc12. The Hall–Kier alpha value is -3.52. The van der Waals surface area contributed by atoms with E-state index in [-0.39, 0.29) is 0 Å². The van der Waals surface area contributed by atoms with E-state index in [1.807, 2.05) is 13.0 Å². The van der Waals surface area contributed by atoms with E-state index in [4.69, 9.17) is 0 Å². The lowest BCUT2D eigenvalue weighted by atomic mass is 10.0. The number of allylic oxidation sites excluding steroid dienone is 2. The maximum absolute atomic E-state index is 4.00. The molecule has 0 bridgehead atoms. The smallest absolute Gasteiger partial charge is 0.0696 e. The maximum atomic E-state index is 4.00. The zero-order valence-electron chi connectivity index (χ0n) is 16.1. The van der Waals surface area contributed by atoms with E-state index < -0.39 is 0 Å². The van der Waals surface area contributed by atoms with Crippen molar-refractivity contribution < 1.29 is 0 Å². The van der Waals surface area contributed by atoms with Crippen molar-refractivity contribution in [3.05, 3.63) is 109 Å². The number of hydrogen-bond acceptors (Lipinski definition) is 0. The van der Waals surface area contributed by atoms with Gasteiger partial charge in [0.2, 0.25) is 0 Å². The first-order valence-electron chi connectivity index (χ1n) is 9.61. The van der Waals surface area contributed by atoms with Gasteiger partial charge >= 0.3 is 0 Å². The van der Waals surface area contributed by atoms with Gasteiger partial charge in [0.05, 0.1) is 16.6 Å². The summed E-state index contributed by atoms with van der Waals surface area (Å²) < 4.78 is 2.33. The molecule has 0 unspecified atom stereocenters. The number of nitrogens with zero attached hydrogens (tertiary/aromatic N) is 1. The standard InChI is InChI=1S/C26H24N2/c1-3-12-21-22-16-8-10-18-25(22)28(20-14-6-5-7-15-20)26-19-11-9-17-24(26)27-23(21)13-4-2/h3-11,13-19,27H,1,12H2,2H3/b13-4-,23-21?. The van der Waals surface area contributed by atoms with Crippen LogP contribution in [-0.2, 0) is 6.42 Å². The largest absolute Gasteiger partial charge is 0.354 e. The minimum absolute atomic E-state index is 0.786. The summed E-state index contributed by atoms with van der Waals surface area (Å²) >= 11 is 0. The lowest BCUT2D eigenvalue weighted by Crippen LogP contribution is -2.02. The quantitative estimate of drug-likeness (QED) is 0.376. The van der Waals surface area contributed by atoms with E-state index in [2.05, 4.69) is 107 Å².